The highest BCUT2D eigenvalue weighted by Crippen LogP contribution is 2.26. The van der Waals surface area contributed by atoms with E-state index in [1.165, 1.54) is 0 Å². The summed E-state index contributed by atoms with van der Waals surface area (Å²) in [5.41, 5.74) is 12.8. The number of carbonyl (C=O) groups is 1. The van der Waals surface area contributed by atoms with Crippen LogP contribution in [0.15, 0.2) is 5.11 Å². The molecule has 1 aliphatic rings. The molecular weight excluding hydrogens is 148 g/mol. The van der Waals surface area contributed by atoms with Gasteiger partial charge < -0.3 is 10.5 Å². The van der Waals surface area contributed by atoms with Crippen molar-refractivity contribution in [1.82, 2.24) is 0 Å². The minimum absolute atomic E-state index is 0.0238. The zero-order valence-corrected chi connectivity index (χ0v) is 5.80. The molecule has 0 bridgehead atoms. The second kappa shape index (κ2) is 3.12. The van der Waals surface area contributed by atoms with E-state index in [1.54, 1.807) is 0 Å². The van der Waals surface area contributed by atoms with Gasteiger partial charge in [0.1, 0.15) is 6.10 Å². The Morgan fingerprint density at radius 3 is 2.82 bits per heavy atom. The molecule has 6 heteroatoms. The van der Waals surface area contributed by atoms with Crippen molar-refractivity contribution in [2.45, 2.75) is 25.0 Å². The summed E-state index contributed by atoms with van der Waals surface area (Å²) < 4.78 is 4.62. The second-order valence-electron chi connectivity index (χ2n) is 2.39. The Balaban J connectivity index is 2.19. The fourth-order valence-corrected chi connectivity index (χ4v) is 0.966. The molecule has 1 amide bonds. The van der Waals surface area contributed by atoms with E-state index < -0.39 is 6.09 Å². The highest BCUT2D eigenvalue weighted by atomic mass is 16.6. The largest absolute Gasteiger partial charge is 0.446 e. The van der Waals surface area contributed by atoms with Gasteiger partial charge in [0, 0.05) is 11.0 Å². The molecule has 1 saturated carbocycles. The van der Waals surface area contributed by atoms with E-state index in [-0.39, 0.29) is 12.1 Å². The first-order chi connectivity index (χ1) is 5.22. The molecule has 0 aromatic rings. The normalized spacial score (nSPS) is 28.0. The molecule has 0 aliphatic heterocycles. The molecule has 0 aromatic carbocycles. The molecule has 0 unspecified atom stereocenters. The lowest BCUT2D eigenvalue weighted by atomic mass is 9.90. The van der Waals surface area contributed by atoms with E-state index in [1.807, 2.05) is 0 Å². The smallest absolute Gasteiger partial charge is 0.404 e. The summed E-state index contributed by atoms with van der Waals surface area (Å²) >= 11 is 0. The van der Waals surface area contributed by atoms with Crippen LogP contribution in [-0.4, -0.2) is 18.2 Å². The number of ether oxygens (including phenoxy) is 1. The van der Waals surface area contributed by atoms with Crippen molar-refractivity contribution in [3.8, 4) is 0 Å². The van der Waals surface area contributed by atoms with Crippen LogP contribution < -0.4 is 5.73 Å². The summed E-state index contributed by atoms with van der Waals surface area (Å²) in [5, 5.41) is 3.44. The number of carbonyl (C=O) groups excluding carboxylic acids is 1. The first-order valence-corrected chi connectivity index (χ1v) is 3.22. The van der Waals surface area contributed by atoms with Crippen molar-refractivity contribution in [2.75, 3.05) is 0 Å². The van der Waals surface area contributed by atoms with Gasteiger partial charge in [0.25, 0.3) is 0 Å². The van der Waals surface area contributed by atoms with E-state index >= 15 is 0 Å². The summed E-state index contributed by atoms with van der Waals surface area (Å²) in [6, 6.07) is -0.0238. The molecule has 11 heavy (non-hydrogen) atoms. The van der Waals surface area contributed by atoms with Crippen molar-refractivity contribution < 1.29 is 9.53 Å². The Morgan fingerprint density at radius 2 is 2.36 bits per heavy atom. The third kappa shape index (κ3) is 2.01. The molecular formula is C5H8N4O2. The first-order valence-electron chi connectivity index (χ1n) is 3.22. The average Bonchev–Trinajstić information content (AvgIpc) is 1.82. The quantitative estimate of drug-likeness (QED) is 0.365. The monoisotopic (exact) mass is 156 g/mol. The van der Waals surface area contributed by atoms with Crippen molar-refractivity contribution in [2.24, 2.45) is 10.8 Å². The van der Waals surface area contributed by atoms with Crippen molar-refractivity contribution in [3.05, 3.63) is 10.4 Å². The minimum Gasteiger partial charge on any atom is -0.446 e. The van der Waals surface area contributed by atoms with Crippen LogP contribution in [0.4, 0.5) is 4.79 Å². The maximum absolute atomic E-state index is 10.2. The first kappa shape index (κ1) is 7.68. The number of primary amides is 1. The third-order valence-corrected chi connectivity index (χ3v) is 1.57. The molecule has 60 valence electrons. The molecule has 0 aromatic heterocycles. The maximum Gasteiger partial charge on any atom is 0.404 e. The van der Waals surface area contributed by atoms with Gasteiger partial charge in [-0.05, 0) is 18.4 Å². The van der Waals surface area contributed by atoms with Gasteiger partial charge in [-0.1, -0.05) is 5.11 Å². The molecule has 0 heterocycles. The average molecular weight is 156 g/mol. The molecule has 0 atom stereocenters. The van der Waals surface area contributed by atoms with Crippen molar-refractivity contribution in [1.29, 1.82) is 0 Å². The molecule has 0 saturated heterocycles. The lowest BCUT2D eigenvalue weighted by molar-refractivity contribution is 0.0474. The predicted octanol–water partition coefficient (Wildman–Crippen LogP) is 0.923. The minimum atomic E-state index is -0.769. The highest BCUT2D eigenvalue weighted by Gasteiger charge is 2.30. The summed E-state index contributed by atoms with van der Waals surface area (Å²) in [6.45, 7) is 0. The lowest BCUT2D eigenvalue weighted by Gasteiger charge is -2.30. The summed E-state index contributed by atoms with van der Waals surface area (Å²) in [5.74, 6) is 0. The molecule has 0 radical (unpaired) electrons. The number of nitrogens with two attached hydrogens (primary N) is 1. The summed E-state index contributed by atoms with van der Waals surface area (Å²) in [7, 11) is 0. The maximum atomic E-state index is 10.2. The van der Waals surface area contributed by atoms with Crippen LogP contribution in [0, 0.1) is 0 Å². The van der Waals surface area contributed by atoms with Gasteiger partial charge in [-0.3, -0.25) is 0 Å². The van der Waals surface area contributed by atoms with Crippen LogP contribution >= 0.6 is 0 Å². The van der Waals surface area contributed by atoms with E-state index in [4.69, 9.17) is 11.3 Å². The molecule has 6 nitrogen and oxygen atoms in total. The fraction of sp³-hybridized carbons (Fsp3) is 0.800. The van der Waals surface area contributed by atoms with Crippen LogP contribution in [-0.2, 0) is 4.74 Å². The van der Waals surface area contributed by atoms with Gasteiger partial charge in [-0.2, -0.15) is 0 Å². The number of hydrogen-bond donors (Lipinski definition) is 1. The Bertz CT molecular complexity index is 205. The zero-order chi connectivity index (χ0) is 8.27. The third-order valence-electron chi connectivity index (χ3n) is 1.57. The standard InChI is InChI=1S/C5H8N4O2/c6-5(10)11-4-1-3(2-4)8-9-7/h3-4H,1-2H2,(H2,6,10)/t3-,4+. The molecule has 2 N–H and O–H groups in total. The van der Waals surface area contributed by atoms with E-state index in [0.29, 0.717) is 12.8 Å². The predicted molar refractivity (Wildman–Crippen MR) is 36.6 cm³/mol. The van der Waals surface area contributed by atoms with E-state index in [2.05, 4.69) is 14.8 Å². The van der Waals surface area contributed by atoms with Gasteiger partial charge in [0.05, 0.1) is 0 Å². The van der Waals surface area contributed by atoms with Crippen LogP contribution in [0.25, 0.3) is 10.4 Å². The van der Waals surface area contributed by atoms with Gasteiger partial charge in [-0.15, -0.1) is 0 Å². The molecule has 1 fully saturated rings. The van der Waals surface area contributed by atoms with E-state index in [0.717, 1.165) is 0 Å². The van der Waals surface area contributed by atoms with Crippen LogP contribution in [0.3, 0.4) is 0 Å². The topological polar surface area (TPSA) is 101 Å². The fourth-order valence-electron chi connectivity index (χ4n) is 0.966. The van der Waals surface area contributed by atoms with Gasteiger partial charge >= 0.3 is 6.09 Å². The SMILES string of the molecule is [N-]=[N+]=N[C@H]1C[C@@H](OC(N)=O)C1. The van der Waals surface area contributed by atoms with E-state index in [9.17, 15) is 4.79 Å². The van der Waals surface area contributed by atoms with Crippen molar-refractivity contribution in [3.63, 3.8) is 0 Å². The van der Waals surface area contributed by atoms with Crippen LogP contribution in [0.1, 0.15) is 12.8 Å². The second-order valence-corrected chi connectivity index (χ2v) is 2.39. The summed E-state index contributed by atoms with van der Waals surface area (Å²) in [6.07, 6.45) is 0.261. The van der Waals surface area contributed by atoms with Gasteiger partial charge in [-0.25, -0.2) is 4.79 Å². The van der Waals surface area contributed by atoms with Gasteiger partial charge in [0.15, 0.2) is 0 Å². The number of nitrogens with zero attached hydrogens (tertiary/aromatic N) is 3. The number of rotatable bonds is 2. The number of amides is 1. The Hall–Kier alpha value is -1.42. The molecule has 1 aliphatic carbocycles. The number of azide groups is 1. The Labute approximate surface area is 62.9 Å². The van der Waals surface area contributed by atoms with Crippen LogP contribution in [0.2, 0.25) is 0 Å². The Kier molecular flexibility index (Phi) is 2.18. The Morgan fingerprint density at radius 1 is 1.73 bits per heavy atom. The highest BCUT2D eigenvalue weighted by molar-refractivity contribution is 5.64. The zero-order valence-electron chi connectivity index (χ0n) is 5.80. The molecule has 1 rings (SSSR count). The van der Waals surface area contributed by atoms with Gasteiger partial charge in [0.2, 0.25) is 0 Å². The van der Waals surface area contributed by atoms with Crippen molar-refractivity contribution >= 4 is 6.09 Å². The van der Waals surface area contributed by atoms with Crippen LogP contribution in [0.5, 0.6) is 0 Å². The number of hydrogen-bond acceptors (Lipinski definition) is 3. The summed E-state index contributed by atoms with van der Waals surface area (Å²) in [4.78, 5) is 12.8. The lowest BCUT2D eigenvalue weighted by Crippen LogP contribution is -2.37. The molecule has 0 spiro atoms.